The molecule has 4 atom stereocenters. The number of esters is 1. The third-order valence-corrected chi connectivity index (χ3v) is 5.50. The topological polar surface area (TPSA) is 114 Å². The van der Waals surface area contributed by atoms with Crippen molar-refractivity contribution in [2.24, 2.45) is 5.92 Å². The first kappa shape index (κ1) is 26.5. The minimum absolute atomic E-state index is 0.0179. The summed E-state index contributed by atoms with van der Waals surface area (Å²) >= 11 is 0. The van der Waals surface area contributed by atoms with Crippen molar-refractivity contribution in [2.45, 2.75) is 63.6 Å². The van der Waals surface area contributed by atoms with Gasteiger partial charge in [0.05, 0.1) is 25.2 Å². The van der Waals surface area contributed by atoms with Crippen LogP contribution in [0.2, 0.25) is 0 Å². The van der Waals surface area contributed by atoms with E-state index >= 15 is 0 Å². The lowest BCUT2D eigenvalue weighted by atomic mass is 9.96. The molecule has 182 valence electrons. The molecule has 33 heavy (non-hydrogen) atoms. The van der Waals surface area contributed by atoms with Gasteiger partial charge in [-0.05, 0) is 38.2 Å². The third kappa shape index (κ3) is 9.35. The smallest absolute Gasteiger partial charge is 0.306 e. The van der Waals surface area contributed by atoms with Gasteiger partial charge in [0.25, 0.3) is 0 Å². The van der Waals surface area contributed by atoms with Crippen molar-refractivity contribution in [3.63, 3.8) is 0 Å². The first-order valence-corrected chi connectivity index (χ1v) is 11.5. The number of hydrogen-bond donors (Lipinski definition) is 3. The fourth-order valence-corrected chi connectivity index (χ4v) is 3.71. The Bertz CT molecular complexity index is 782. The number of amides is 2. The van der Waals surface area contributed by atoms with E-state index in [-0.39, 0.29) is 37.4 Å². The average Bonchev–Trinajstić information content (AvgIpc) is 2.80. The van der Waals surface area contributed by atoms with Crippen LogP contribution in [-0.4, -0.2) is 55.3 Å². The van der Waals surface area contributed by atoms with Gasteiger partial charge in [0.1, 0.15) is 6.10 Å². The first-order valence-electron chi connectivity index (χ1n) is 11.5. The van der Waals surface area contributed by atoms with Crippen molar-refractivity contribution in [3.8, 4) is 0 Å². The summed E-state index contributed by atoms with van der Waals surface area (Å²) < 4.78 is 11.2. The van der Waals surface area contributed by atoms with Gasteiger partial charge in [0, 0.05) is 26.0 Å². The van der Waals surface area contributed by atoms with Gasteiger partial charge in [0.2, 0.25) is 11.8 Å². The van der Waals surface area contributed by atoms with Crippen molar-refractivity contribution < 1.29 is 29.0 Å². The first-order chi connectivity index (χ1) is 15.9. The van der Waals surface area contributed by atoms with Crippen molar-refractivity contribution in [2.75, 3.05) is 20.3 Å². The van der Waals surface area contributed by atoms with Crippen LogP contribution in [0.3, 0.4) is 0 Å². The molecule has 2 rings (SSSR count). The predicted molar refractivity (Wildman–Crippen MR) is 124 cm³/mol. The second kappa shape index (κ2) is 14.4. The van der Waals surface area contributed by atoms with Crippen molar-refractivity contribution in [3.05, 3.63) is 48.0 Å². The lowest BCUT2D eigenvalue weighted by molar-refractivity contribution is -0.153. The van der Waals surface area contributed by atoms with E-state index in [0.29, 0.717) is 19.3 Å². The number of ether oxygens (including phenoxy) is 2. The molecule has 0 fully saturated rings. The standard InChI is InChI=1S/C25H36N2O6/c1-18(16-28)26-22(29)15-20-13-7-4-3-5-10-14-23(30)33-24(19-11-8-6-9-12-19)21(17-32-2)27-25(20)31/h4,6-9,11-12,18,20-21,24,28H,3,5,10,13-17H2,1-2H3,(H,26,29)(H,27,31)/t18-,20+,21-,24-/m0/s1. The molecule has 0 saturated heterocycles. The van der Waals surface area contributed by atoms with E-state index in [4.69, 9.17) is 9.47 Å². The highest BCUT2D eigenvalue weighted by Gasteiger charge is 2.31. The number of methoxy groups -OCH3 is 1. The van der Waals surface area contributed by atoms with Crippen LogP contribution in [-0.2, 0) is 23.9 Å². The van der Waals surface area contributed by atoms with Crippen LogP contribution in [0, 0.1) is 5.92 Å². The van der Waals surface area contributed by atoms with Gasteiger partial charge in [-0.15, -0.1) is 0 Å². The van der Waals surface area contributed by atoms with E-state index in [9.17, 15) is 19.5 Å². The number of hydrogen-bond acceptors (Lipinski definition) is 6. The van der Waals surface area contributed by atoms with Crippen LogP contribution in [0.1, 0.15) is 57.1 Å². The number of carbonyl (C=O) groups is 3. The van der Waals surface area contributed by atoms with Crippen molar-refractivity contribution >= 4 is 17.8 Å². The lowest BCUT2D eigenvalue weighted by Crippen LogP contribution is -2.47. The van der Waals surface area contributed by atoms with Gasteiger partial charge in [0.15, 0.2) is 0 Å². The normalized spacial score (nSPS) is 23.7. The Balaban J connectivity index is 2.29. The molecule has 0 unspecified atom stereocenters. The fraction of sp³-hybridized carbons (Fsp3) is 0.560. The van der Waals surface area contributed by atoms with Gasteiger partial charge in [-0.25, -0.2) is 0 Å². The molecule has 8 nitrogen and oxygen atoms in total. The van der Waals surface area contributed by atoms with Crippen LogP contribution in [0.15, 0.2) is 42.5 Å². The Hall–Kier alpha value is -2.71. The summed E-state index contributed by atoms with van der Waals surface area (Å²) in [6.45, 7) is 1.65. The Kier molecular flexibility index (Phi) is 11.6. The maximum atomic E-state index is 13.2. The minimum atomic E-state index is -0.718. The van der Waals surface area contributed by atoms with Crippen molar-refractivity contribution in [1.82, 2.24) is 10.6 Å². The quantitative estimate of drug-likeness (QED) is 0.425. The summed E-state index contributed by atoms with van der Waals surface area (Å²) in [6.07, 6.45) is 6.18. The largest absolute Gasteiger partial charge is 0.455 e. The second-order valence-corrected chi connectivity index (χ2v) is 8.40. The Morgan fingerprint density at radius 3 is 2.70 bits per heavy atom. The summed E-state index contributed by atoms with van der Waals surface area (Å²) in [6, 6.07) is 8.24. The molecule has 1 aliphatic heterocycles. The van der Waals surface area contributed by atoms with E-state index in [1.54, 1.807) is 6.92 Å². The monoisotopic (exact) mass is 460 g/mol. The zero-order valence-electron chi connectivity index (χ0n) is 19.5. The van der Waals surface area contributed by atoms with Crippen LogP contribution in [0.4, 0.5) is 0 Å². The third-order valence-electron chi connectivity index (χ3n) is 5.50. The molecule has 3 N–H and O–H groups in total. The highest BCUT2D eigenvalue weighted by Crippen LogP contribution is 2.24. The molecule has 1 aromatic rings. The molecule has 1 aliphatic rings. The Morgan fingerprint density at radius 2 is 2.00 bits per heavy atom. The number of aliphatic hydroxyl groups excluding tert-OH is 1. The molecular formula is C25H36N2O6. The maximum Gasteiger partial charge on any atom is 0.306 e. The summed E-state index contributed by atoms with van der Waals surface area (Å²) in [5.74, 6) is -1.56. The van der Waals surface area contributed by atoms with Crippen LogP contribution in [0.25, 0.3) is 0 Å². The molecular weight excluding hydrogens is 424 g/mol. The Labute approximate surface area is 195 Å². The molecule has 0 bridgehead atoms. The SMILES string of the molecule is COC[C@@H]1NC(=O)[C@@H](CC(=O)N[C@@H](C)CO)CC=CCCCCC(=O)O[C@H]1c1ccccc1. The zero-order valence-corrected chi connectivity index (χ0v) is 19.5. The number of aliphatic hydroxyl groups is 1. The zero-order chi connectivity index (χ0) is 24.1. The molecule has 8 heteroatoms. The molecule has 1 heterocycles. The summed E-state index contributed by atoms with van der Waals surface area (Å²) in [7, 11) is 1.52. The fourth-order valence-electron chi connectivity index (χ4n) is 3.71. The number of cyclic esters (lactones) is 1. The highest BCUT2D eigenvalue weighted by atomic mass is 16.5. The average molecular weight is 461 g/mol. The van der Waals surface area contributed by atoms with Crippen molar-refractivity contribution in [1.29, 1.82) is 0 Å². The molecule has 0 radical (unpaired) electrons. The van der Waals surface area contributed by atoms with Crippen LogP contribution in [0.5, 0.6) is 0 Å². The molecule has 0 aliphatic carbocycles. The summed E-state index contributed by atoms with van der Waals surface area (Å²) in [5.41, 5.74) is 0.756. The number of rotatable bonds is 7. The van der Waals surface area contributed by atoms with Crippen LogP contribution >= 0.6 is 0 Å². The lowest BCUT2D eigenvalue weighted by Gasteiger charge is -2.29. The van der Waals surface area contributed by atoms with Gasteiger partial charge < -0.3 is 25.2 Å². The summed E-state index contributed by atoms with van der Waals surface area (Å²) in [5, 5.41) is 14.8. The van der Waals surface area contributed by atoms with E-state index in [0.717, 1.165) is 18.4 Å². The van der Waals surface area contributed by atoms with E-state index in [2.05, 4.69) is 10.6 Å². The second-order valence-electron chi connectivity index (χ2n) is 8.40. The molecule has 0 saturated carbocycles. The number of carbonyl (C=O) groups excluding carboxylic acids is 3. The minimum Gasteiger partial charge on any atom is -0.455 e. The Morgan fingerprint density at radius 1 is 1.24 bits per heavy atom. The predicted octanol–water partition coefficient (Wildman–Crippen LogP) is 2.43. The van der Waals surface area contributed by atoms with Gasteiger partial charge >= 0.3 is 5.97 Å². The number of benzene rings is 1. The van der Waals surface area contributed by atoms with Crippen LogP contribution < -0.4 is 10.6 Å². The van der Waals surface area contributed by atoms with Gasteiger partial charge in [-0.3, -0.25) is 14.4 Å². The molecule has 0 aromatic heterocycles. The summed E-state index contributed by atoms with van der Waals surface area (Å²) in [4.78, 5) is 38.2. The molecule has 0 spiro atoms. The van der Waals surface area contributed by atoms with E-state index < -0.39 is 24.1 Å². The molecule has 2 amide bonds. The van der Waals surface area contributed by atoms with Gasteiger partial charge in [-0.2, -0.15) is 0 Å². The van der Waals surface area contributed by atoms with E-state index in [1.165, 1.54) is 7.11 Å². The maximum absolute atomic E-state index is 13.2. The number of allylic oxidation sites excluding steroid dienone is 2. The molecule has 1 aromatic carbocycles. The number of nitrogens with one attached hydrogen (secondary N) is 2. The highest BCUT2D eigenvalue weighted by molar-refractivity contribution is 5.86. The van der Waals surface area contributed by atoms with Gasteiger partial charge in [-0.1, -0.05) is 42.5 Å². The van der Waals surface area contributed by atoms with E-state index in [1.807, 2.05) is 42.5 Å².